The molecule has 0 radical (unpaired) electrons. The zero-order chi connectivity index (χ0) is 14.0. The Bertz CT molecular complexity index is 595. The molecule has 0 bridgehead atoms. The number of nitrogens with zero attached hydrogens (tertiary/aromatic N) is 1. The average Bonchev–Trinajstić information content (AvgIpc) is 2.39. The number of aromatic carboxylic acids is 1. The molecule has 0 saturated carbocycles. The van der Waals surface area contributed by atoms with Crippen LogP contribution in [0.3, 0.4) is 0 Å². The monoisotopic (exact) mass is 289 g/mol. The second-order valence-corrected chi connectivity index (χ2v) is 5.82. The molecule has 6 nitrogen and oxygen atoms in total. The second-order valence-electron chi connectivity index (χ2n) is 4.02. The Kier molecular flexibility index (Phi) is 3.83. The molecule has 1 aromatic rings. The van der Waals surface area contributed by atoms with Crippen LogP contribution in [0.2, 0.25) is 0 Å². The summed E-state index contributed by atoms with van der Waals surface area (Å²) in [5.74, 6) is -2.32. The van der Waals surface area contributed by atoms with Crippen molar-refractivity contribution >= 4 is 16.0 Å². The summed E-state index contributed by atoms with van der Waals surface area (Å²) in [6, 6.07) is 2.62. The van der Waals surface area contributed by atoms with Gasteiger partial charge >= 0.3 is 5.97 Å². The van der Waals surface area contributed by atoms with E-state index < -0.39 is 26.7 Å². The number of carboxylic acids is 1. The predicted octanol–water partition coefficient (Wildman–Crippen LogP) is 1.24. The molecule has 0 atom stereocenters. The van der Waals surface area contributed by atoms with Crippen LogP contribution >= 0.6 is 0 Å². The van der Waals surface area contributed by atoms with Crippen molar-refractivity contribution in [3.63, 3.8) is 0 Å². The summed E-state index contributed by atoms with van der Waals surface area (Å²) in [4.78, 5) is 15.1. The lowest BCUT2D eigenvalue weighted by Gasteiger charge is -2.25. The Morgan fingerprint density at radius 3 is 2.68 bits per heavy atom. The van der Waals surface area contributed by atoms with Crippen molar-refractivity contribution in [2.75, 3.05) is 13.2 Å². The molecule has 2 rings (SSSR count). The van der Waals surface area contributed by atoms with Crippen LogP contribution in [0.15, 0.2) is 23.1 Å². The number of carbonyl (C=O) groups is 1. The zero-order valence-corrected chi connectivity index (χ0v) is 10.7. The van der Waals surface area contributed by atoms with E-state index in [0.717, 1.165) is 24.6 Å². The standard InChI is InChI=1S/C11H12FNO5S/c12-9-4-3-8(11(14)15)7-10(9)19(16,17)13-5-1-2-6-18-13/h3-4,7H,1-2,5-6H2,(H,14,15). The number of sulfonamides is 1. The van der Waals surface area contributed by atoms with Gasteiger partial charge in [-0.2, -0.15) is 0 Å². The van der Waals surface area contributed by atoms with Crippen LogP contribution in [0.5, 0.6) is 0 Å². The van der Waals surface area contributed by atoms with Crippen molar-refractivity contribution in [3.8, 4) is 0 Å². The van der Waals surface area contributed by atoms with Gasteiger partial charge in [0.15, 0.2) is 0 Å². The van der Waals surface area contributed by atoms with Crippen LogP contribution in [0.25, 0.3) is 0 Å². The Labute approximate surface area is 109 Å². The minimum absolute atomic E-state index is 0.124. The van der Waals surface area contributed by atoms with Gasteiger partial charge in [-0.25, -0.2) is 17.6 Å². The van der Waals surface area contributed by atoms with E-state index >= 15 is 0 Å². The molecule has 0 unspecified atom stereocenters. The van der Waals surface area contributed by atoms with Crippen molar-refractivity contribution < 1.29 is 27.5 Å². The van der Waals surface area contributed by atoms with Crippen LogP contribution in [-0.4, -0.2) is 37.1 Å². The van der Waals surface area contributed by atoms with Crippen LogP contribution in [0, 0.1) is 5.82 Å². The number of carboxylic acid groups (broad SMARTS) is 1. The van der Waals surface area contributed by atoms with Gasteiger partial charge < -0.3 is 5.11 Å². The zero-order valence-electron chi connectivity index (χ0n) is 9.87. The Morgan fingerprint density at radius 1 is 1.37 bits per heavy atom. The third-order valence-electron chi connectivity index (χ3n) is 2.69. The second kappa shape index (κ2) is 5.24. The quantitative estimate of drug-likeness (QED) is 0.905. The first kappa shape index (κ1) is 13.9. The molecule has 8 heteroatoms. The highest BCUT2D eigenvalue weighted by Crippen LogP contribution is 2.23. The van der Waals surface area contributed by atoms with Crippen LogP contribution in [0.1, 0.15) is 23.2 Å². The molecule has 1 saturated heterocycles. The topological polar surface area (TPSA) is 83.9 Å². The first-order valence-corrected chi connectivity index (χ1v) is 7.05. The van der Waals surface area contributed by atoms with Crippen molar-refractivity contribution in [1.82, 2.24) is 4.47 Å². The number of hydroxylamine groups is 1. The summed E-state index contributed by atoms with van der Waals surface area (Å²) in [7, 11) is -4.18. The van der Waals surface area contributed by atoms with Gasteiger partial charge in [0.25, 0.3) is 10.0 Å². The van der Waals surface area contributed by atoms with Crippen LogP contribution < -0.4 is 0 Å². The molecule has 1 N–H and O–H groups in total. The maximum absolute atomic E-state index is 13.6. The number of halogens is 1. The first-order chi connectivity index (χ1) is 8.93. The third-order valence-corrected chi connectivity index (χ3v) is 4.39. The summed E-state index contributed by atoms with van der Waals surface area (Å²) in [6.45, 7) is 0.360. The predicted molar refractivity (Wildman–Crippen MR) is 62.4 cm³/mol. The lowest BCUT2D eigenvalue weighted by atomic mass is 10.2. The summed E-state index contributed by atoms with van der Waals surface area (Å²) in [5.41, 5.74) is -0.294. The van der Waals surface area contributed by atoms with Crippen LogP contribution in [-0.2, 0) is 14.9 Å². The van der Waals surface area contributed by atoms with Crippen molar-refractivity contribution in [2.24, 2.45) is 0 Å². The molecule has 0 aliphatic carbocycles. The SMILES string of the molecule is O=C(O)c1ccc(F)c(S(=O)(=O)N2CCCCO2)c1. The van der Waals surface area contributed by atoms with E-state index in [9.17, 15) is 17.6 Å². The van der Waals surface area contributed by atoms with Crippen LogP contribution in [0.4, 0.5) is 4.39 Å². The Balaban J connectivity index is 2.44. The van der Waals surface area contributed by atoms with Gasteiger partial charge in [0.1, 0.15) is 10.7 Å². The van der Waals surface area contributed by atoms with E-state index in [1.165, 1.54) is 0 Å². The number of hydrogen-bond donors (Lipinski definition) is 1. The summed E-state index contributed by atoms with van der Waals surface area (Å²) < 4.78 is 38.6. The highest BCUT2D eigenvalue weighted by atomic mass is 32.2. The maximum atomic E-state index is 13.6. The Morgan fingerprint density at radius 2 is 2.11 bits per heavy atom. The van der Waals surface area contributed by atoms with Gasteiger partial charge in [-0.1, -0.05) is 4.47 Å². The summed E-state index contributed by atoms with van der Waals surface area (Å²) in [6.07, 6.45) is 1.34. The summed E-state index contributed by atoms with van der Waals surface area (Å²) in [5, 5.41) is 8.81. The maximum Gasteiger partial charge on any atom is 0.335 e. The van der Waals surface area contributed by atoms with Crippen molar-refractivity contribution in [3.05, 3.63) is 29.6 Å². The molecule has 1 heterocycles. The van der Waals surface area contributed by atoms with E-state index in [0.29, 0.717) is 10.9 Å². The van der Waals surface area contributed by atoms with E-state index in [1.54, 1.807) is 0 Å². The van der Waals surface area contributed by atoms with E-state index in [1.807, 2.05) is 0 Å². The molecule has 0 aromatic heterocycles. The van der Waals surface area contributed by atoms with Crippen molar-refractivity contribution in [2.45, 2.75) is 17.7 Å². The fourth-order valence-corrected chi connectivity index (χ4v) is 3.10. The molecular formula is C11H12FNO5S. The van der Waals surface area contributed by atoms with Gasteiger partial charge in [-0.15, -0.1) is 0 Å². The Hall–Kier alpha value is -1.51. The lowest BCUT2D eigenvalue weighted by Crippen LogP contribution is -2.36. The molecule has 1 fully saturated rings. The highest BCUT2D eigenvalue weighted by Gasteiger charge is 2.30. The molecule has 1 aromatic carbocycles. The third kappa shape index (κ3) is 2.75. The minimum atomic E-state index is -4.18. The number of benzene rings is 1. The van der Waals surface area contributed by atoms with Crippen molar-refractivity contribution in [1.29, 1.82) is 0 Å². The van der Waals surface area contributed by atoms with Gasteiger partial charge in [-0.3, -0.25) is 4.84 Å². The molecule has 0 amide bonds. The molecule has 0 spiro atoms. The van der Waals surface area contributed by atoms with Gasteiger partial charge in [0, 0.05) is 6.54 Å². The average molecular weight is 289 g/mol. The fraction of sp³-hybridized carbons (Fsp3) is 0.364. The van der Waals surface area contributed by atoms with E-state index in [2.05, 4.69) is 0 Å². The molecular weight excluding hydrogens is 277 g/mol. The number of hydrogen-bond acceptors (Lipinski definition) is 4. The first-order valence-electron chi connectivity index (χ1n) is 5.61. The molecule has 104 valence electrons. The van der Waals surface area contributed by atoms with E-state index in [-0.39, 0.29) is 18.7 Å². The smallest absolute Gasteiger partial charge is 0.335 e. The molecule has 1 aliphatic heterocycles. The highest BCUT2D eigenvalue weighted by molar-refractivity contribution is 7.89. The fourth-order valence-electron chi connectivity index (χ4n) is 1.71. The largest absolute Gasteiger partial charge is 0.478 e. The van der Waals surface area contributed by atoms with Gasteiger partial charge in [0.2, 0.25) is 0 Å². The van der Waals surface area contributed by atoms with Gasteiger partial charge in [-0.05, 0) is 31.0 Å². The minimum Gasteiger partial charge on any atom is -0.478 e. The summed E-state index contributed by atoms with van der Waals surface area (Å²) >= 11 is 0. The number of rotatable bonds is 3. The molecule has 1 aliphatic rings. The normalized spacial score (nSPS) is 17.3. The van der Waals surface area contributed by atoms with Gasteiger partial charge in [0.05, 0.1) is 12.2 Å². The lowest BCUT2D eigenvalue weighted by molar-refractivity contribution is -0.109. The molecule has 19 heavy (non-hydrogen) atoms. The van der Waals surface area contributed by atoms with E-state index in [4.69, 9.17) is 9.94 Å².